The second-order valence-corrected chi connectivity index (χ2v) is 17.0. The Labute approximate surface area is 327 Å². The monoisotopic (exact) mass is 732 g/mol. The SMILES string of the molecule is c1ccc(C2(c3ccccc3)c3cc(-c4ccc5c(c4)sc4ccccc45)ccc3-c3ccc4cc(-c5ccc6c(c5)sc5ccccc56)ccc4c32)cc1. The van der Waals surface area contributed by atoms with Crippen LogP contribution in [0.15, 0.2) is 194 Å². The number of hydrogen-bond donors (Lipinski definition) is 0. The highest BCUT2D eigenvalue weighted by Crippen LogP contribution is 2.59. The van der Waals surface area contributed by atoms with Crippen molar-refractivity contribution in [3.05, 3.63) is 216 Å². The molecule has 0 nitrogen and oxygen atoms in total. The van der Waals surface area contributed by atoms with Gasteiger partial charge in [0, 0.05) is 40.3 Å². The van der Waals surface area contributed by atoms with Crippen molar-refractivity contribution in [2.24, 2.45) is 0 Å². The van der Waals surface area contributed by atoms with Crippen LogP contribution in [0.25, 0.3) is 84.5 Å². The average molecular weight is 733 g/mol. The van der Waals surface area contributed by atoms with Crippen LogP contribution < -0.4 is 0 Å². The maximum atomic E-state index is 2.49. The summed E-state index contributed by atoms with van der Waals surface area (Å²) in [5.41, 5.74) is 12.3. The van der Waals surface area contributed by atoms with Crippen LogP contribution in [0.3, 0.4) is 0 Å². The highest BCUT2D eigenvalue weighted by atomic mass is 32.1. The van der Waals surface area contributed by atoms with E-state index in [1.807, 2.05) is 22.7 Å². The summed E-state index contributed by atoms with van der Waals surface area (Å²) in [6.45, 7) is 0. The van der Waals surface area contributed by atoms with Gasteiger partial charge < -0.3 is 0 Å². The minimum atomic E-state index is -0.512. The van der Waals surface area contributed by atoms with E-state index in [1.54, 1.807) is 0 Å². The van der Waals surface area contributed by atoms with Gasteiger partial charge in [0.15, 0.2) is 0 Å². The molecule has 2 heterocycles. The van der Waals surface area contributed by atoms with E-state index in [0.29, 0.717) is 0 Å². The summed E-state index contributed by atoms with van der Waals surface area (Å²) in [4.78, 5) is 0. The topological polar surface area (TPSA) is 0 Å². The summed E-state index contributed by atoms with van der Waals surface area (Å²) >= 11 is 3.76. The molecular formula is C53H32S2. The van der Waals surface area contributed by atoms with E-state index in [0.717, 1.165) is 0 Å². The van der Waals surface area contributed by atoms with Crippen molar-refractivity contribution in [2.45, 2.75) is 5.41 Å². The van der Waals surface area contributed by atoms with Gasteiger partial charge >= 0.3 is 0 Å². The summed E-state index contributed by atoms with van der Waals surface area (Å²) in [6, 6.07) is 72.9. The van der Waals surface area contributed by atoms with Crippen LogP contribution >= 0.6 is 22.7 Å². The third-order valence-corrected chi connectivity index (χ3v) is 14.2. The molecule has 0 N–H and O–H groups in total. The molecule has 0 amide bonds. The lowest BCUT2D eigenvalue weighted by Crippen LogP contribution is -2.28. The van der Waals surface area contributed by atoms with Gasteiger partial charge in [-0.3, -0.25) is 0 Å². The first-order valence-corrected chi connectivity index (χ1v) is 20.5. The quantitative estimate of drug-likeness (QED) is 0.169. The fourth-order valence-corrected chi connectivity index (χ4v) is 11.8. The predicted octanol–water partition coefficient (Wildman–Crippen LogP) is 15.3. The second-order valence-electron chi connectivity index (χ2n) is 14.8. The molecule has 9 aromatic carbocycles. The third kappa shape index (κ3) is 4.50. The fourth-order valence-electron chi connectivity index (χ4n) is 9.50. The molecule has 1 aliphatic rings. The molecule has 0 saturated carbocycles. The molecule has 0 fully saturated rings. The van der Waals surface area contributed by atoms with Crippen molar-refractivity contribution in [2.75, 3.05) is 0 Å². The maximum absolute atomic E-state index is 2.49. The Morgan fingerprint density at radius 2 is 0.764 bits per heavy atom. The fraction of sp³-hybridized carbons (Fsp3) is 0.0189. The summed E-state index contributed by atoms with van der Waals surface area (Å²) in [5.74, 6) is 0. The molecule has 0 saturated heterocycles. The molecule has 0 radical (unpaired) electrons. The Bertz CT molecular complexity index is 3270. The average Bonchev–Trinajstić information content (AvgIpc) is 3.91. The molecule has 1 aliphatic carbocycles. The molecular weight excluding hydrogens is 701 g/mol. The van der Waals surface area contributed by atoms with Crippen LogP contribution in [0, 0.1) is 0 Å². The molecule has 0 aliphatic heterocycles. The number of hydrogen-bond acceptors (Lipinski definition) is 2. The van der Waals surface area contributed by atoms with Crippen molar-refractivity contribution < 1.29 is 0 Å². The van der Waals surface area contributed by atoms with Crippen LogP contribution in [0.1, 0.15) is 22.3 Å². The van der Waals surface area contributed by atoms with Crippen molar-refractivity contribution >= 4 is 73.8 Å². The largest absolute Gasteiger partial charge is 0.135 e. The van der Waals surface area contributed by atoms with E-state index in [2.05, 4.69) is 194 Å². The smallest absolute Gasteiger partial charge is 0.0719 e. The highest BCUT2D eigenvalue weighted by molar-refractivity contribution is 7.26. The summed E-state index contributed by atoms with van der Waals surface area (Å²) in [5, 5.41) is 7.88. The second kappa shape index (κ2) is 11.8. The lowest BCUT2D eigenvalue weighted by atomic mass is 9.66. The molecule has 12 rings (SSSR count). The van der Waals surface area contributed by atoms with Crippen LogP contribution in [-0.2, 0) is 5.41 Å². The summed E-state index contributed by atoms with van der Waals surface area (Å²) in [7, 11) is 0. The Balaban J connectivity index is 1.09. The van der Waals surface area contributed by atoms with Crippen molar-refractivity contribution in [1.29, 1.82) is 0 Å². The normalized spacial score (nSPS) is 13.2. The minimum absolute atomic E-state index is 0.512. The Morgan fingerprint density at radius 1 is 0.309 bits per heavy atom. The summed E-state index contributed by atoms with van der Waals surface area (Å²) < 4.78 is 5.33. The molecule has 0 spiro atoms. The lowest BCUT2D eigenvalue weighted by molar-refractivity contribution is 0.776. The minimum Gasteiger partial charge on any atom is -0.135 e. The first-order chi connectivity index (χ1) is 27.2. The van der Waals surface area contributed by atoms with Gasteiger partial charge in [-0.05, 0) is 103 Å². The summed E-state index contributed by atoms with van der Waals surface area (Å²) in [6.07, 6.45) is 0. The van der Waals surface area contributed by atoms with Crippen molar-refractivity contribution in [3.8, 4) is 33.4 Å². The third-order valence-electron chi connectivity index (χ3n) is 11.9. The van der Waals surface area contributed by atoms with E-state index >= 15 is 0 Å². The van der Waals surface area contributed by atoms with E-state index in [1.165, 1.54) is 107 Å². The molecule has 0 bridgehead atoms. The molecule has 0 atom stereocenters. The zero-order valence-corrected chi connectivity index (χ0v) is 31.4. The first-order valence-electron chi connectivity index (χ1n) is 18.9. The van der Waals surface area contributed by atoms with E-state index < -0.39 is 5.41 Å². The number of fused-ring (bicyclic) bond motifs is 11. The maximum Gasteiger partial charge on any atom is 0.0719 e. The van der Waals surface area contributed by atoms with Crippen LogP contribution in [0.5, 0.6) is 0 Å². The molecule has 2 heteroatoms. The van der Waals surface area contributed by atoms with E-state index in [4.69, 9.17) is 0 Å². The van der Waals surface area contributed by atoms with Crippen LogP contribution in [-0.4, -0.2) is 0 Å². The van der Waals surface area contributed by atoms with Gasteiger partial charge in [-0.15, -0.1) is 22.7 Å². The van der Waals surface area contributed by atoms with Gasteiger partial charge in [-0.25, -0.2) is 0 Å². The molecule has 55 heavy (non-hydrogen) atoms. The molecule has 11 aromatic rings. The van der Waals surface area contributed by atoms with Crippen molar-refractivity contribution in [1.82, 2.24) is 0 Å². The van der Waals surface area contributed by atoms with Gasteiger partial charge in [0.25, 0.3) is 0 Å². The molecule has 256 valence electrons. The van der Waals surface area contributed by atoms with Crippen LogP contribution in [0.4, 0.5) is 0 Å². The zero-order valence-electron chi connectivity index (χ0n) is 29.8. The van der Waals surface area contributed by atoms with Gasteiger partial charge in [-0.2, -0.15) is 0 Å². The standard InChI is InChI=1S/C53H32S2/c1-3-11-38(12-4-1)53(39-13-5-2-6-14-39)47-30-34(36-22-27-45-43-16-8-10-18-49(43)55-51(45)32-36)20-25-41(47)46-28-23-37-29-33(19-24-40(37)52(46)53)35-21-26-44-42-15-7-9-17-48(42)54-50(44)31-35/h1-32H. The Kier molecular flexibility index (Phi) is 6.69. The number of thiophene rings is 2. The molecule has 2 aromatic heterocycles. The number of benzene rings is 9. The zero-order chi connectivity index (χ0) is 36.1. The van der Waals surface area contributed by atoms with E-state index in [-0.39, 0.29) is 0 Å². The number of rotatable bonds is 4. The van der Waals surface area contributed by atoms with Gasteiger partial charge in [0.05, 0.1) is 5.41 Å². The highest BCUT2D eigenvalue weighted by Gasteiger charge is 2.47. The van der Waals surface area contributed by atoms with Crippen molar-refractivity contribution in [3.63, 3.8) is 0 Å². The Morgan fingerprint density at radius 3 is 1.36 bits per heavy atom. The van der Waals surface area contributed by atoms with Gasteiger partial charge in [0.1, 0.15) is 0 Å². The van der Waals surface area contributed by atoms with Gasteiger partial charge in [-0.1, -0.05) is 158 Å². The first kappa shape index (κ1) is 31.1. The van der Waals surface area contributed by atoms with Gasteiger partial charge in [0.2, 0.25) is 0 Å². The van der Waals surface area contributed by atoms with E-state index in [9.17, 15) is 0 Å². The van der Waals surface area contributed by atoms with Crippen LogP contribution in [0.2, 0.25) is 0 Å². The lowest BCUT2D eigenvalue weighted by Gasteiger charge is -2.35. The Hall–Kier alpha value is -6.32. The molecule has 0 unspecified atom stereocenters. The predicted molar refractivity (Wildman–Crippen MR) is 238 cm³/mol.